The summed E-state index contributed by atoms with van der Waals surface area (Å²) in [5.74, 6) is -0.123. The van der Waals surface area contributed by atoms with Crippen LogP contribution in [-0.4, -0.2) is 26.6 Å². The normalized spacial score (nSPS) is 16.1. The molecule has 0 bridgehead atoms. The summed E-state index contributed by atoms with van der Waals surface area (Å²) in [6.45, 7) is 0. The Morgan fingerprint density at radius 1 is 0.828 bits per heavy atom. The summed E-state index contributed by atoms with van der Waals surface area (Å²) in [5.41, 5.74) is 5.09. The first kappa shape index (κ1) is 17.3. The maximum absolute atomic E-state index is 13.3. The lowest BCUT2D eigenvalue weighted by molar-refractivity contribution is 0.0712. The molecule has 0 N–H and O–H groups in total. The van der Waals surface area contributed by atoms with Crippen molar-refractivity contribution in [3.63, 3.8) is 0 Å². The Labute approximate surface area is 168 Å². The molecule has 0 unspecified atom stereocenters. The van der Waals surface area contributed by atoms with E-state index >= 15 is 0 Å². The highest BCUT2D eigenvalue weighted by Gasteiger charge is 2.34. The Morgan fingerprint density at radius 3 is 2.34 bits per heavy atom. The van der Waals surface area contributed by atoms with Gasteiger partial charge < -0.3 is 0 Å². The van der Waals surface area contributed by atoms with Crippen molar-refractivity contribution in [2.75, 3.05) is 0 Å². The van der Waals surface area contributed by atoms with E-state index in [0.29, 0.717) is 12.0 Å². The summed E-state index contributed by atoms with van der Waals surface area (Å²) in [6.07, 6.45) is 3.99. The van der Waals surface area contributed by atoms with Crippen LogP contribution in [0, 0.1) is 0 Å². The number of fused-ring (bicyclic) bond motifs is 1. The number of benzene rings is 3. The third kappa shape index (κ3) is 3.17. The highest BCUT2D eigenvalue weighted by Crippen LogP contribution is 2.36. The topological polar surface area (TPSA) is 58.5 Å². The number of rotatable bonds is 3. The van der Waals surface area contributed by atoms with Gasteiger partial charge in [-0.25, -0.2) is 5.01 Å². The van der Waals surface area contributed by atoms with Crippen molar-refractivity contribution in [2.24, 2.45) is 5.10 Å². The van der Waals surface area contributed by atoms with E-state index < -0.39 is 0 Å². The molecule has 140 valence electrons. The maximum Gasteiger partial charge on any atom is 0.274 e. The van der Waals surface area contributed by atoms with Crippen molar-refractivity contribution >= 4 is 22.7 Å². The number of para-hydroxylation sites is 1. The Kier molecular flexibility index (Phi) is 4.33. The van der Waals surface area contributed by atoms with Crippen molar-refractivity contribution in [3.05, 3.63) is 108 Å². The molecule has 2 heterocycles. The van der Waals surface area contributed by atoms with E-state index in [-0.39, 0.29) is 11.9 Å². The summed E-state index contributed by atoms with van der Waals surface area (Å²) in [4.78, 5) is 22.3. The molecule has 1 aliphatic heterocycles. The van der Waals surface area contributed by atoms with Crippen LogP contribution in [0.5, 0.6) is 0 Å². The second-order valence-electron chi connectivity index (χ2n) is 6.92. The lowest BCUT2D eigenvalue weighted by atomic mass is 9.97. The number of hydrogen-bond acceptors (Lipinski definition) is 4. The van der Waals surface area contributed by atoms with Crippen LogP contribution in [0.1, 0.15) is 33.9 Å². The average molecular weight is 378 g/mol. The molecule has 5 rings (SSSR count). The van der Waals surface area contributed by atoms with Crippen molar-refractivity contribution in [3.8, 4) is 0 Å². The maximum atomic E-state index is 13.3. The Morgan fingerprint density at radius 2 is 1.55 bits per heavy atom. The van der Waals surface area contributed by atoms with Gasteiger partial charge in [0.1, 0.15) is 0 Å². The van der Waals surface area contributed by atoms with Crippen LogP contribution >= 0.6 is 0 Å². The van der Waals surface area contributed by atoms with Crippen LogP contribution in [0.25, 0.3) is 11.0 Å². The SMILES string of the molecule is O=C(c1ccccc1)N1N=C(c2ccccc2)C[C@@H]1c1cccc2nccnc12. The molecule has 0 fully saturated rings. The van der Waals surface area contributed by atoms with E-state index in [1.54, 1.807) is 17.4 Å². The van der Waals surface area contributed by atoms with Crippen molar-refractivity contribution in [1.82, 2.24) is 15.0 Å². The number of hydrazone groups is 1. The van der Waals surface area contributed by atoms with Gasteiger partial charge in [0.25, 0.3) is 5.91 Å². The molecular weight excluding hydrogens is 360 g/mol. The Balaban J connectivity index is 1.62. The van der Waals surface area contributed by atoms with Crippen LogP contribution in [0.3, 0.4) is 0 Å². The first-order chi connectivity index (χ1) is 14.3. The largest absolute Gasteiger partial charge is 0.274 e. The number of amides is 1. The smallest absolute Gasteiger partial charge is 0.267 e. The van der Waals surface area contributed by atoms with E-state index in [9.17, 15) is 4.79 Å². The molecule has 4 aromatic rings. The van der Waals surface area contributed by atoms with Gasteiger partial charge in [0.15, 0.2) is 0 Å². The molecule has 3 aromatic carbocycles. The van der Waals surface area contributed by atoms with E-state index in [2.05, 4.69) is 9.97 Å². The fourth-order valence-electron chi connectivity index (χ4n) is 3.74. The molecule has 5 heteroatoms. The van der Waals surface area contributed by atoms with Gasteiger partial charge in [-0.05, 0) is 23.8 Å². The van der Waals surface area contributed by atoms with Crippen LogP contribution in [0.4, 0.5) is 0 Å². The minimum atomic E-state index is -0.238. The van der Waals surface area contributed by atoms with Crippen molar-refractivity contribution in [1.29, 1.82) is 0 Å². The minimum Gasteiger partial charge on any atom is -0.267 e. The van der Waals surface area contributed by atoms with Crippen LogP contribution < -0.4 is 0 Å². The zero-order chi connectivity index (χ0) is 19.6. The van der Waals surface area contributed by atoms with Crippen LogP contribution in [-0.2, 0) is 0 Å². The molecular formula is C24H18N4O. The minimum absolute atomic E-state index is 0.123. The second kappa shape index (κ2) is 7.28. The van der Waals surface area contributed by atoms with Gasteiger partial charge in [0, 0.05) is 29.9 Å². The molecule has 0 aliphatic carbocycles. The average Bonchev–Trinajstić information content (AvgIpc) is 3.24. The Hall–Kier alpha value is -3.86. The monoisotopic (exact) mass is 378 g/mol. The fourth-order valence-corrected chi connectivity index (χ4v) is 3.74. The number of aromatic nitrogens is 2. The molecule has 1 aromatic heterocycles. The van der Waals surface area contributed by atoms with E-state index in [4.69, 9.17) is 5.10 Å². The van der Waals surface area contributed by atoms with Gasteiger partial charge in [-0.15, -0.1) is 0 Å². The zero-order valence-electron chi connectivity index (χ0n) is 15.6. The quantitative estimate of drug-likeness (QED) is 0.523. The summed E-state index contributed by atoms with van der Waals surface area (Å²) >= 11 is 0. The van der Waals surface area contributed by atoms with Crippen molar-refractivity contribution < 1.29 is 4.79 Å². The third-order valence-electron chi connectivity index (χ3n) is 5.14. The lowest BCUT2D eigenvalue weighted by Crippen LogP contribution is -2.27. The first-order valence-corrected chi connectivity index (χ1v) is 9.52. The molecule has 0 radical (unpaired) electrons. The summed E-state index contributed by atoms with van der Waals surface area (Å²) in [6, 6.07) is 24.9. The third-order valence-corrected chi connectivity index (χ3v) is 5.14. The zero-order valence-corrected chi connectivity index (χ0v) is 15.6. The number of hydrogen-bond donors (Lipinski definition) is 0. The van der Waals surface area contributed by atoms with Gasteiger partial charge in [-0.2, -0.15) is 5.10 Å². The summed E-state index contributed by atoms with van der Waals surface area (Å²) < 4.78 is 0. The molecule has 0 spiro atoms. The molecule has 5 nitrogen and oxygen atoms in total. The van der Waals surface area contributed by atoms with E-state index in [1.807, 2.05) is 78.9 Å². The molecule has 1 aliphatic rings. The Bertz CT molecular complexity index is 1200. The standard InChI is InChI=1S/C24H18N4O/c29-24(18-10-5-2-6-11-18)28-22(16-21(27-28)17-8-3-1-4-9-17)19-12-7-13-20-23(19)26-15-14-25-20/h1-15,22H,16H2/t22-/m1/s1. The predicted molar refractivity (Wildman–Crippen MR) is 112 cm³/mol. The summed E-state index contributed by atoms with van der Waals surface area (Å²) in [5, 5.41) is 6.35. The van der Waals surface area contributed by atoms with Gasteiger partial charge in [0.2, 0.25) is 0 Å². The number of nitrogens with zero attached hydrogens (tertiary/aromatic N) is 4. The van der Waals surface area contributed by atoms with Crippen molar-refractivity contribution in [2.45, 2.75) is 12.5 Å². The molecule has 1 amide bonds. The molecule has 29 heavy (non-hydrogen) atoms. The highest BCUT2D eigenvalue weighted by atomic mass is 16.2. The fraction of sp³-hybridized carbons (Fsp3) is 0.0833. The van der Waals surface area contributed by atoms with E-state index in [0.717, 1.165) is 27.9 Å². The second-order valence-corrected chi connectivity index (χ2v) is 6.92. The lowest BCUT2D eigenvalue weighted by Gasteiger charge is -2.22. The predicted octanol–water partition coefficient (Wildman–Crippen LogP) is 4.62. The van der Waals surface area contributed by atoms with Gasteiger partial charge >= 0.3 is 0 Å². The van der Waals surface area contributed by atoms with Gasteiger partial charge in [0.05, 0.1) is 22.8 Å². The van der Waals surface area contributed by atoms with Gasteiger partial charge in [-0.3, -0.25) is 14.8 Å². The van der Waals surface area contributed by atoms with E-state index in [1.165, 1.54) is 0 Å². The van der Waals surface area contributed by atoms with Crippen LogP contribution in [0.2, 0.25) is 0 Å². The molecule has 0 saturated carbocycles. The first-order valence-electron chi connectivity index (χ1n) is 9.52. The summed E-state index contributed by atoms with van der Waals surface area (Å²) in [7, 11) is 0. The molecule has 1 atom stereocenters. The highest BCUT2D eigenvalue weighted by molar-refractivity contribution is 6.05. The number of carbonyl (C=O) groups excluding carboxylic acids is 1. The number of carbonyl (C=O) groups is 1. The van der Waals surface area contributed by atoms with Crippen LogP contribution in [0.15, 0.2) is 96.4 Å². The molecule has 0 saturated heterocycles. The van der Waals surface area contributed by atoms with Gasteiger partial charge in [-0.1, -0.05) is 60.7 Å².